The van der Waals surface area contributed by atoms with E-state index in [-0.39, 0.29) is 0 Å². The molecule has 2 rings (SSSR count). The molecular weight excluding hydrogens is 222 g/mol. The lowest BCUT2D eigenvalue weighted by Gasteiger charge is -2.21. The molecule has 1 N–H and O–H groups in total. The molecule has 1 fully saturated rings. The van der Waals surface area contributed by atoms with Gasteiger partial charge in [0.1, 0.15) is 0 Å². The van der Waals surface area contributed by atoms with E-state index in [1.165, 1.54) is 31.2 Å². The minimum Gasteiger partial charge on any atom is -0.381 e. The lowest BCUT2D eigenvalue weighted by atomic mass is 10.00. The van der Waals surface area contributed by atoms with Crippen molar-refractivity contribution in [2.75, 3.05) is 19.8 Å². The van der Waals surface area contributed by atoms with Gasteiger partial charge in [0.05, 0.1) is 6.61 Å². The summed E-state index contributed by atoms with van der Waals surface area (Å²) in [5.41, 5.74) is 1.42. The van der Waals surface area contributed by atoms with E-state index < -0.39 is 0 Å². The number of unbranched alkanes of at least 4 members (excludes halogenated alkanes) is 1. The topological polar surface area (TPSA) is 21.3 Å². The molecule has 100 valence electrons. The van der Waals surface area contributed by atoms with Crippen molar-refractivity contribution in [1.82, 2.24) is 5.32 Å². The molecule has 1 aliphatic rings. The summed E-state index contributed by atoms with van der Waals surface area (Å²) in [5.74, 6) is 0.706. The fourth-order valence-corrected chi connectivity index (χ4v) is 2.53. The second-order valence-corrected chi connectivity index (χ2v) is 5.24. The number of hydrogen-bond acceptors (Lipinski definition) is 2. The Morgan fingerprint density at radius 2 is 2.17 bits per heavy atom. The second kappa shape index (κ2) is 7.55. The van der Waals surface area contributed by atoms with E-state index in [1.807, 2.05) is 0 Å². The quantitative estimate of drug-likeness (QED) is 0.795. The molecule has 0 aromatic heterocycles. The molecule has 2 atom stereocenters. The second-order valence-electron chi connectivity index (χ2n) is 5.24. The summed E-state index contributed by atoms with van der Waals surface area (Å²) in [4.78, 5) is 0. The summed E-state index contributed by atoms with van der Waals surface area (Å²) in [5, 5.41) is 3.73. The average Bonchev–Trinajstić information content (AvgIpc) is 2.93. The van der Waals surface area contributed by atoms with Gasteiger partial charge in [-0.15, -0.1) is 0 Å². The SMILES string of the molecule is CCCCC(NCC1CCOC1)c1ccccc1. The zero-order valence-electron chi connectivity index (χ0n) is 11.4. The van der Waals surface area contributed by atoms with Crippen molar-refractivity contribution in [3.05, 3.63) is 35.9 Å². The molecule has 0 spiro atoms. The molecule has 0 bridgehead atoms. The van der Waals surface area contributed by atoms with E-state index in [4.69, 9.17) is 4.74 Å². The third-order valence-electron chi connectivity index (χ3n) is 3.73. The molecule has 2 nitrogen and oxygen atoms in total. The van der Waals surface area contributed by atoms with Gasteiger partial charge in [-0.1, -0.05) is 50.1 Å². The molecule has 18 heavy (non-hydrogen) atoms. The van der Waals surface area contributed by atoms with Gasteiger partial charge < -0.3 is 10.1 Å². The van der Waals surface area contributed by atoms with Crippen LogP contribution in [-0.4, -0.2) is 19.8 Å². The average molecular weight is 247 g/mol. The Morgan fingerprint density at radius 1 is 1.33 bits per heavy atom. The molecule has 1 aromatic rings. The number of hydrogen-bond donors (Lipinski definition) is 1. The molecule has 0 amide bonds. The van der Waals surface area contributed by atoms with Crippen molar-refractivity contribution in [2.45, 2.75) is 38.6 Å². The fraction of sp³-hybridized carbons (Fsp3) is 0.625. The zero-order chi connectivity index (χ0) is 12.6. The van der Waals surface area contributed by atoms with Crippen molar-refractivity contribution in [2.24, 2.45) is 5.92 Å². The van der Waals surface area contributed by atoms with E-state index in [1.54, 1.807) is 0 Å². The van der Waals surface area contributed by atoms with Crippen molar-refractivity contribution < 1.29 is 4.74 Å². The zero-order valence-corrected chi connectivity index (χ0v) is 11.4. The van der Waals surface area contributed by atoms with Gasteiger partial charge in [0, 0.05) is 19.2 Å². The van der Waals surface area contributed by atoms with Gasteiger partial charge in [0.15, 0.2) is 0 Å². The molecule has 0 radical (unpaired) electrons. The minimum absolute atomic E-state index is 0.506. The predicted molar refractivity (Wildman–Crippen MR) is 75.6 cm³/mol. The normalized spacial score (nSPS) is 21.1. The van der Waals surface area contributed by atoms with Crippen molar-refractivity contribution >= 4 is 0 Å². The molecule has 1 aliphatic heterocycles. The van der Waals surface area contributed by atoms with Crippen molar-refractivity contribution in [1.29, 1.82) is 0 Å². The van der Waals surface area contributed by atoms with Crippen LogP contribution in [0, 0.1) is 5.92 Å². The summed E-state index contributed by atoms with van der Waals surface area (Å²) >= 11 is 0. The van der Waals surface area contributed by atoms with Crippen LogP contribution in [0.25, 0.3) is 0 Å². The largest absolute Gasteiger partial charge is 0.381 e. The Hall–Kier alpha value is -0.860. The molecule has 0 aliphatic carbocycles. The third-order valence-corrected chi connectivity index (χ3v) is 3.73. The molecule has 1 aromatic carbocycles. The summed E-state index contributed by atoms with van der Waals surface area (Å²) in [6.45, 7) is 5.22. The van der Waals surface area contributed by atoms with E-state index in [0.29, 0.717) is 12.0 Å². The first-order valence-electron chi connectivity index (χ1n) is 7.26. The maximum absolute atomic E-state index is 5.44. The predicted octanol–water partition coefficient (Wildman–Crippen LogP) is 3.54. The maximum Gasteiger partial charge on any atom is 0.0507 e. The number of ether oxygens (including phenoxy) is 1. The highest BCUT2D eigenvalue weighted by molar-refractivity contribution is 5.18. The molecular formula is C16H25NO. The van der Waals surface area contributed by atoms with Gasteiger partial charge in [-0.05, 0) is 24.3 Å². The third kappa shape index (κ3) is 4.11. The van der Waals surface area contributed by atoms with Gasteiger partial charge in [0.25, 0.3) is 0 Å². The first-order chi connectivity index (χ1) is 8.90. The van der Waals surface area contributed by atoms with E-state index in [2.05, 4.69) is 42.6 Å². The molecule has 2 unspecified atom stereocenters. The lowest BCUT2D eigenvalue weighted by molar-refractivity contribution is 0.184. The first-order valence-corrected chi connectivity index (χ1v) is 7.26. The highest BCUT2D eigenvalue weighted by atomic mass is 16.5. The van der Waals surface area contributed by atoms with Crippen LogP contribution in [0.2, 0.25) is 0 Å². The monoisotopic (exact) mass is 247 g/mol. The molecule has 1 saturated heterocycles. The molecule has 0 saturated carbocycles. The maximum atomic E-state index is 5.44. The van der Waals surface area contributed by atoms with Crippen LogP contribution in [0.4, 0.5) is 0 Å². The van der Waals surface area contributed by atoms with Gasteiger partial charge in [-0.25, -0.2) is 0 Å². The van der Waals surface area contributed by atoms with Crippen LogP contribution in [0.15, 0.2) is 30.3 Å². The van der Waals surface area contributed by atoms with Crippen molar-refractivity contribution in [3.8, 4) is 0 Å². The number of benzene rings is 1. The first kappa shape index (κ1) is 13.6. The van der Waals surface area contributed by atoms with Gasteiger partial charge >= 0.3 is 0 Å². The van der Waals surface area contributed by atoms with Crippen LogP contribution in [0.1, 0.15) is 44.2 Å². The van der Waals surface area contributed by atoms with E-state index in [0.717, 1.165) is 19.8 Å². The van der Waals surface area contributed by atoms with Gasteiger partial charge in [0.2, 0.25) is 0 Å². The van der Waals surface area contributed by atoms with E-state index >= 15 is 0 Å². The van der Waals surface area contributed by atoms with Crippen LogP contribution in [0.3, 0.4) is 0 Å². The smallest absolute Gasteiger partial charge is 0.0507 e. The number of rotatable bonds is 7. The highest BCUT2D eigenvalue weighted by Crippen LogP contribution is 2.20. The Kier molecular flexibility index (Phi) is 5.69. The van der Waals surface area contributed by atoms with Gasteiger partial charge in [-0.3, -0.25) is 0 Å². The van der Waals surface area contributed by atoms with Crippen molar-refractivity contribution in [3.63, 3.8) is 0 Å². The summed E-state index contributed by atoms with van der Waals surface area (Å²) < 4.78 is 5.44. The summed E-state index contributed by atoms with van der Waals surface area (Å²) in [6.07, 6.45) is 4.99. The molecule has 2 heteroatoms. The van der Waals surface area contributed by atoms with E-state index in [9.17, 15) is 0 Å². The van der Waals surface area contributed by atoms with Crippen LogP contribution in [0.5, 0.6) is 0 Å². The number of nitrogens with one attached hydrogen (secondary N) is 1. The van der Waals surface area contributed by atoms with Crippen LogP contribution >= 0.6 is 0 Å². The molecule has 1 heterocycles. The van der Waals surface area contributed by atoms with Gasteiger partial charge in [-0.2, -0.15) is 0 Å². The van der Waals surface area contributed by atoms with Crippen LogP contribution in [-0.2, 0) is 4.74 Å². The minimum atomic E-state index is 0.506. The Bertz CT molecular complexity index is 319. The summed E-state index contributed by atoms with van der Waals surface area (Å²) in [7, 11) is 0. The Balaban J connectivity index is 1.87. The fourth-order valence-electron chi connectivity index (χ4n) is 2.53. The highest BCUT2D eigenvalue weighted by Gasteiger charge is 2.17. The Morgan fingerprint density at radius 3 is 2.83 bits per heavy atom. The standard InChI is InChI=1S/C16H25NO/c1-2-3-9-16(15-7-5-4-6-8-15)17-12-14-10-11-18-13-14/h4-8,14,16-17H,2-3,9-13H2,1H3. The lowest BCUT2D eigenvalue weighted by Crippen LogP contribution is -2.27. The van der Waals surface area contributed by atoms with Crippen LogP contribution < -0.4 is 5.32 Å². The summed E-state index contributed by atoms with van der Waals surface area (Å²) in [6, 6.07) is 11.3. The Labute approximate surface area is 111 Å².